The molecule has 0 aliphatic rings. The lowest BCUT2D eigenvalue weighted by atomic mass is 10.1. The highest BCUT2D eigenvalue weighted by atomic mass is 19.1. The third-order valence-corrected chi connectivity index (χ3v) is 1.70. The minimum Gasteiger partial charge on any atom is -0.411 e. The van der Waals surface area contributed by atoms with E-state index in [2.05, 4.69) is 5.16 Å². The number of hydrogen-bond acceptors (Lipinski definition) is 2. The highest BCUT2D eigenvalue weighted by molar-refractivity contribution is 5.98. The summed E-state index contributed by atoms with van der Waals surface area (Å²) in [5, 5.41) is 11.1. The van der Waals surface area contributed by atoms with E-state index >= 15 is 0 Å². The van der Waals surface area contributed by atoms with Gasteiger partial charge in [0.2, 0.25) is 0 Å². The number of rotatable bonds is 1. The quantitative estimate of drug-likeness (QED) is 0.407. The Kier molecular flexibility index (Phi) is 2.60. The Labute approximate surface area is 74.5 Å². The minimum atomic E-state index is -0.715. The maximum atomic E-state index is 13.1. The van der Waals surface area contributed by atoms with Gasteiger partial charge in [-0.2, -0.15) is 0 Å². The van der Waals surface area contributed by atoms with E-state index in [0.717, 1.165) is 0 Å². The number of benzene rings is 1. The molecule has 0 saturated carbocycles. The lowest BCUT2D eigenvalue weighted by molar-refractivity contribution is 0.318. The highest BCUT2D eigenvalue weighted by Gasteiger charge is 2.12. The molecule has 0 bridgehead atoms. The summed E-state index contributed by atoms with van der Waals surface area (Å²) < 4.78 is 26.2. The zero-order valence-corrected chi connectivity index (χ0v) is 7.31. The summed E-state index contributed by atoms with van der Waals surface area (Å²) in [4.78, 5) is 0. The molecule has 2 nitrogen and oxygen atoms in total. The van der Waals surface area contributed by atoms with Crippen molar-refractivity contribution in [2.75, 3.05) is 0 Å². The van der Waals surface area contributed by atoms with Crippen LogP contribution in [0.5, 0.6) is 0 Å². The van der Waals surface area contributed by atoms with Crippen molar-refractivity contribution in [3.63, 3.8) is 0 Å². The van der Waals surface area contributed by atoms with Gasteiger partial charge in [-0.25, -0.2) is 8.78 Å². The predicted molar refractivity (Wildman–Crippen MR) is 45.1 cm³/mol. The Balaban J connectivity index is 3.37. The van der Waals surface area contributed by atoms with Crippen molar-refractivity contribution in [2.24, 2.45) is 5.16 Å². The number of aryl methyl sites for hydroxylation is 1. The first kappa shape index (κ1) is 9.64. The van der Waals surface area contributed by atoms with Crippen molar-refractivity contribution in [3.8, 4) is 0 Å². The average molecular weight is 185 g/mol. The molecule has 1 aromatic carbocycles. The van der Waals surface area contributed by atoms with Crippen LogP contribution >= 0.6 is 0 Å². The number of hydrogen-bond donors (Lipinski definition) is 1. The largest absolute Gasteiger partial charge is 0.411 e. The highest BCUT2D eigenvalue weighted by Crippen LogP contribution is 2.15. The van der Waals surface area contributed by atoms with Gasteiger partial charge >= 0.3 is 0 Å². The normalized spacial score (nSPS) is 11.8. The van der Waals surface area contributed by atoms with Crippen molar-refractivity contribution in [3.05, 3.63) is 34.9 Å². The summed E-state index contributed by atoms with van der Waals surface area (Å²) in [5.74, 6) is -1.43. The van der Waals surface area contributed by atoms with Crippen molar-refractivity contribution in [1.82, 2.24) is 0 Å². The maximum absolute atomic E-state index is 13.1. The van der Waals surface area contributed by atoms with E-state index in [-0.39, 0.29) is 11.3 Å². The van der Waals surface area contributed by atoms with Crippen LogP contribution in [0.3, 0.4) is 0 Å². The summed E-state index contributed by atoms with van der Waals surface area (Å²) >= 11 is 0. The molecule has 0 amide bonds. The predicted octanol–water partition coefficient (Wildman–Crippen LogP) is 2.47. The lowest BCUT2D eigenvalue weighted by Gasteiger charge is -2.03. The van der Waals surface area contributed by atoms with Crippen molar-refractivity contribution in [1.29, 1.82) is 0 Å². The lowest BCUT2D eigenvalue weighted by Crippen LogP contribution is -2.03. The molecule has 0 unspecified atom stereocenters. The van der Waals surface area contributed by atoms with E-state index in [9.17, 15) is 8.78 Å². The Hall–Kier alpha value is -1.45. The molecule has 13 heavy (non-hydrogen) atoms. The molecule has 0 heterocycles. The first-order valence-electron chi connectivity index (χ1n) is 3.71. The summed E-state index contributed by atoms with van der Waals surface area (Å²) in [5.41, 5.74) is 0.132. The summed E-state index contributed by atoms with van der Waals surface area (Å²) in [7, 11) is 0. The molecule has 0 fully saturated rings. The topological polar surface area (TPSA) is 32.6 Å². The Bertz CT molecular complexity index is 338. The van der Waals surface area contributed by atoms with Gasteiger partial charge in [-0.15, -0.1) is 0 Å². The molecule has 0 atom stereocenters. The van der Waals surface area contributed by atoms with Crippen molar-refractivity contribution >= 4 is 5.71 Å². The molecular weight excluding hydrogens is 176 g/mol. The standard InChI is InChI=1S/C9H9F2NO/c1-5-3-7(10)9(6(2)12-13)8(11)4-5/h3-4,13H,1-2H3/b12-6+. The molecule has 1 rings (SSSR count). The van der Waals surface area contributed by atoms with Crippen LogP contribution in [-0.2, 0) is 0 Å². The Morgan fingerprint density at radius 1 is 1.31 bits per heavy atom. The monoisotopic (exact) mass is 185 g/mol. The van der Waals surface area contributed by atoms with Crippen LogP contribution in [0.15, 0.2) is 17.3 Å². The van der Waals surface area contributed by atoms with Crippen molar-refractivity contribution < 1.29 is 14.0 Å². The molecule has 0 aliphatic carbocycles. The smallest absolute Gasteiger partial charge is 0.135 e. The molecule has 0 spiro atoms. The van der Waals surface area contributed by atoms with Crippen LogP contribution in [0.1, 0.15) is 18.1 Å². The van der Waals surface area contributed by atoms with Gasteiger partial charge in [0.1, 0.15) is 11.6 Å². The van der Waals surface area contributed by atoms with Gasteiger partial charge < -0.3 is 5.21 Å². The van der Waals surface area contributed by atoms with E-state index in [1.165, 1.54) is 19.1 Å². The average Bonchev–Trinajstić information content (AvgIpc) is 2.02. The van der Waals surface area contributed by atoms with E-state index in [1.807, 2.05) is 0 Å². The van der Waals surface area contributed by atoms with Crippen LogP contribution in [0.2, 0.25) is 0 Å². The Morgan fingerprint density at radius 2 is 1.77 bits per heavy atom. The van der Waals surface area contributed by atoms with Crippen LogP contribution < -0.4 is 0 Å². The number of halogens is 2. The zero-order chi connectivity index (χ0) is 10.0. The van der Waals surface area contributed by atoms with E-state index < -0.39 is 11.6 Å². The molecule has 70 valence electrons. The summed E-state index contributed by atoms with van der Waals surface area (Å²) in [6.45, 7) is 2.91. The first-order valence-corrected chi connectivity index (χ1v) is 3.71. The molecule has 1 N–H and O–H groups in total. The zero-order valence-electron chi connectivity index (χ0n) is 7.31. The first-order chi connectivity index (χ1) is 6.06. The van der Waals surface area contributed by atoms with Gasteiger partial charge in [-0.1, -0.05) is 5.16 Å². The molecule has 0 radical (unpaired) electrons. The van der Waals surface area contributed by atoms with Gasteiger partial charge in [0.15, 0.2) is 0 Å². The fraction of sp³-hybridized carbons (Fsp3) is 0.222. The van der Waals surface area contributed by atoms with Crippen LogP contribution in [0.25, 0.3) is 0 Å². The van der Waals surface area contributed by atoms with E-state index in [0.29, 0.717) is 5.56 Å². The van der Waals surface area contributed by atoms with Gasteiger partial charge in [0, 0.05) is 0 Å². The third-order valence-electron chi connectivity index (χ3n) is 1.70. The van der Waals surface area contributed by atoms with Gasteiger partial charge in [-0.05, 0) is 31.5 Å². The second-order valence-corrected chi connectivity index (χ2v) is 2.79. The van der Waals surface area contributed by atoms with E-state index in [1.54, 1.807) is 6.92 Å². The third kappa shape index (κ3) is 1.83. The van der Waals surface area contributed by atoms with Gasteiger partial charge in [0.25, 0.3) is 0 Å². The van der Waals surface area contributed by atoms with Gasteiger partial charge in [0.05, 0.1) is 11.3 Å². The minimum absolute atomic E-state index is 0.0741. The fourth-order valence-electron chi connectivity index (χ4n) is 1.10. The molecule has 0 saturated heterocycles. The van der Waals surface area contributed by atoms with Crippen LogP contribution in [0, 0.1) is 18.6 Å². The fourth-order valence-corrected chi connectivity index (χ4v) is 1.10. The second kappa shape index (κ2) is 3.51. The molecular formula is C9H9F2NO. The van der Waals surface area contributed by atoms with Gasteiger partial charge in [-0.3, -0.25) is 0 Å². The Morgan fingerprint density at radius 3 is 2.15 bits per heavy atom. The second-order valence-electron chi connectivity index (χ2n) is 2.79. The van der Waals surface area contributed by atoms with Crippen molar-refractivity contribution in [2.45, 2.75) is 13.8 Å². The molecule has 4 heteroatoms. The number of oxime groups is 1. The molecule has 0 aromatic heterocycles. The maximum Gasteiger partial charge on any atom is 0.135 e. The van der Waals surface area contributed by atoms with Crippen LogP contribution in [0.4, 0.5) is 8.78 Å². The molecule has 0 aliphatic heterocycles. The van der Waals surface area contributed by atoms with Crippen LogP contribution in [-0.4, -0.2) is 10.9 Å². The number of nitrogens with zero attached hydrogens (tertiary/aromatic N) is 1. The summed E-state index contributed by atoms with van der Waals surface area (Å²) in [6, 6.07) is 2.38. The van der Waals surface area contributed by atoms with E-state index in [4.69, 9.17) is 5.21 Å². The summed E-state index contributed by atoms with van der Waals surface area (Å²) in [6.07, 6.45) is 0. The SMILES string of the molecule is C/C(=N\O)c1c(F)cc(C)cc1F. The molecule has 1 aromatic rings.